The summed E-state index contributed by atoms with van der Waals surface area (Å²) in [7, 11) is 0. The van der Waals surface area contributed by atoms with Crippen molar-refractivity contribution in [1.82, 2.24) is 0 Å². The Morgan fingerprint density at radius 3 is 2.50 bits per heavy atom. The van der Waals surface area contributed by atoms with E-state index in [0.29, 0.717) is 6.42 Å². The van der Waals surface area contributed by atoms with Crippen molar-refractivity contribution < 1.29 is 0 Å². The summed E-state index contributed by atoms with van der Waals surface area (Å²) in [6, 6.07) is 1.94. The molecule has 2 nitrogen and oxygen atoms in total. The fourth-order valence-electron chi connectivity index (χ4n) is 0.269. The number of nitrogens with zero attached hydrogens (tertiary/aromatic N) is 1. The molecule has 0 spiro atoms. The van der Waals surface area contributed by atoms with Gasteiger partial charge in [-0.3, -0.25) is 0 Å². The van der Waals surface area contributed by atoms with Gasteiger partial charge >= 0.3 is 0 Å². The van der Waals surface area contributed by atoms with E-state index >= 15 is 0 Å². The molecule has 1 atom stereocenters. The van der Waals surface area contributed by atoms with E-state index in [1.54, 1.807) is 0 Å². The standard InChI is InChI=1S/C6H10N2/c1-3-6(8,4-2)5-7/h3H,1,4,8H2,2H3. The lowest BCUT2D eigenvalue weighted by Crippen LogP contribution is -2.34. The second-order valence-corrected chi connectivity index (χ2v) is 1.71. The summed E-state index contributed by atoms with van der Waals surface area (Å²) in [4.78, 5) is 0. The van der Waals surface area contributed by atoms with Crippen LogP contribution in [0.1, 0.15) is 13.3 Å². The smallest absolute Gasteiger partial charge is 0.122 e. The third kappa shape index (κ3) is 1.36. The van der Waals surface area contributed by atoms with Gasteiger partial charge in [-0.05, 0) is 6.42 Å². The molecule has 44 valence electrons. The van der Waals surface area contributed by atoms with Crippen LogP contribution in [0.5, 0.6) is 0 Å². The summed E-state index contributed by atoms with van der Waals surface area (Å²) in [5.41, 5.74) is 4.61. The molecule has 2 heteroatoms. The molecule has 0 aliphatic heterocycles. The molecular formula is C6H10N2. The Kier molecular flexibility index (Phi) is 2.23. The van der Waals surface area contributed by atoms with E-state index < -0.39 is 5.54 Å². The minimum atomic E-state index is -0.806. The lowest BCUT2D eigenvalue weighted by atomic mass is 10.0. The Bertz CT molecular complexity index is 123. The third-order valence-corrected chi connectivity index (χ3v) is 1.16. The number of nitrogens with two attached hydrogens (primary N) is 1. The molecule has 0 fully saturated rings. The van der Waals surface area contributed by atoms with E-state index in [4.69, 9.17) is 11.0 Å². The molecule has 0 aromatic heterocycles. The number of hydrogen-bond acceptors (Lipinski definition) is 2. The van der Waals surface area contributed by atoms with Crippen LogP contribution >= 0.6 is 0 Å². The first-order valence-electron chi connectivity index (χ1n) is 2.52. The van der Waals surface area contributed by atoms with E-state index in [2.05, 4.69) is 6.58 Å². The fourth-order valence-corrected chi connectivity index (χ4v) is 0.269. The SMILES string of the molecule is C=CC(N)(C#N)CC. The van der Waals surface area contributed by atoms with Gasteiger partial charge in [-0.25, -0.2) is 0 Å². The van der Waals surface area contributed by atoms with Crippen LogP contribution < -0.4 is 5.73 Å². The van der Waals surface area contributed by atoms with Crippen molar-refractivity contribution in [2.45, 2.75) is 18.9 Å². The summed E-state index contributed by atoms with van der Waals surface area (Å²) in [5, 5.41) is 8.34. The maximum Gasteiger partial charge on any atom is 0.122 e. The molecule has 0 rings (SSSR count). The second-order valence-electron chi connectivity index (χ2n) is 1.71. The van der Waals surface area contributed by atoms with Gasteiger partial charge in [-0.2, -0.15) is 5.26 Å². The Hall–Kier alpha value is -0.810. The van der Waals surface area contributed by atoms with Crippen LogP contribution in [-0.2, 0) is 0 Å². The van der Waals surface area contributed by atoms with Gasteiger partial charge in [-0.15, -0.1) is 6.58 Å². The highest BCUT2D eigenvalue weighted by Crippen LogP contribution is 2.03. The molecule has 0 heterocycles. The Balaban J connectivity index is 4.03. The summed E-state index contributed by atoms with van der Waals surface area (Å²) in [5.74, 6) is 0. The van der Waals surface area contributed by atoms with Crippen LogP contribution in [0.15, 0.2) is 12.7 Å². The topological polar surface area (TPSA) is 49.8 Å². The third-order valence-electron chi connectivity index (χ3n) is 1.16. The maximum absolute atomic E-state index is 8.34. The van der Waals surface area contributed by atoms with Crippen LogP contribution in [-0.4, -0.2) is 5.54 Å². The van der Waals surface area contributed by atoms with Gasteiger partial charge in [-0.1, -0.05) is 13.0 Å². The molecule has 0 saturated carbocycles. The minimum Gasteiger partial charge on any atom is -0.310 e. The van der Waals surface area contributed by atoms with Gasteiger partial charge < -0.3 is 5.73 Å². The zero-order chi connectivity index (χ0) is 6.62. The van der Waals surface area contributed by atoms with E-state index in [1.165, 1.54) is 6.08 Å². The van der Waals surface area contributed by atoms with Crippen molar-refractivity contribution in [2.24, 2.45) is 5.73 Å². The molecule has 0 aromatic rings. The van der Waals surface area contributed by atoms with Crippen molar-refractivity contribution in [1.29, 1.82) is 5.26 Å². The molecule has 0 radical (unpaired) electrons. The van der Waals surface area contributed by atoms with Gasteiger partial charge in [0.1, 0.15) is 5.54 Å². The van der Waals surface area contributed by atoms with Gasteiger partial charge in [0.2, 0.25) is 0 Å². The van der Waals surface area contributed by atoms with Gasteiger partial charge in [0.25, 0.3) is 0 Å². The Morgan fingerprint density at radius 1 is 2.00 bits per heavy atom. The van der Waals surface area contributed by atoms with E-state index in [1.807, 2.05) is 13.0 Å². The van der Waals surface area contributed by atoms with E-state index in [9.17, 15) is 0 Å². The van der Waals surface area contributed by atoms with E-state index in [0.717, 1.165) is 0 Å². The fraction of sp³-hybridized carbons (Fsp3) is 0.500. The quantitative estimate of drug-likeness (QED) is 0.534. The highest BCUT2D eigenvalue weighted by Gasteiger charge is 2.15. The molecule has 8 heavy (non-hydrogen) atoms. The van der Waals surface area contributed by atoms with Crippen LogP contribution in [0.4, 0.5) is 0 Å². The molecule has 1 unspecified atom stereocenters. The predicted molar refractivity (Wildman–Crippen MR) is 33.0 cm³/mol. The second kappa shape index (κ2) is 2.49. The summed E-state index contributed by atoms with van der Waals surface area (Å²) >= 11 is 0. The molecule has 0 amide bonds. The summed E-state index contributed by atoms with van der Waals surface area (Å²) in [6.45, 7) is 5.28. The largest absolute Gasteiger partial charge is 0.310 e. The van der Waals surface area contributed by atoms with E-state index in [-0.39, 0.29) is 0 Å². The molecule has 0 aromatic carbocycles. The Labute approximate surface area is 49.6 Å². The zero-order valence-electron chi connectivity index (χ0n) is 5.02. The first kappa shape index (κ1) is 7.19. The molecule has 2 N–H and O–H groups in total. The van der Waals surface area contributed by atoms with Crippen molar-refractivity contribution in [3.05, 3.63) is 12.7 Å². The van der Waals surface area contributed by atoms with Crippen molar-refractivity contribution in [3.63, 3.8) is 0 Å². The minimum absolute atomic E-state index is 0.618. The maximum atomic E-state index is 8.34. The normalized spacial score (nSPS) is 16.1. The van der Waals surface area contributed by atoms with Crippen molar-refractivity contribution >= 4 is 0 Å². The van der Waals surface area contributed by atoms with Crippen LogP contribution in [0.25, 0.3) is 0 Å². The van der Waals surface area contributed by atoms with Gasteiger partial charge in [0.05, 0.1) is 6.07 Å². The average Bonchev–Trinajstić information content (AvgIpc) is 1.87. The van der Waals surface area contributed by atoms with Crippen molar-refractivity contribution in [3.8, 4) is 6.07 Å². The lowest BCUT2D eigenvalue weighted by Gasteiger charge is -2.11. The first-order chi connectivity index (χ1) is 3.68. The first-order valence-corrected chi connectivity index (χ1v) is 2.52. The van der Waals surface area contributed by atoms with Crippen molar-refractivity contribution in [2.75, 3.05) is 0 Å². The summed E-state index contributed by atoms with van der Waals surface area (Å²) in [6.07, 6.45) is 2.08. The van der Waals surface area contributed by atoms with Crippen LogP contribution in [0.3, 0.4) is 0 Å². The lowest BCUT2D eigenvalue weighted by molar-refractivity contribution is 0.645. The molecular weight excluding hydrogens is 100 g/mol. The number of rotatable bonds is 2. The van der Waals surface area contributed by atoms with Crippen LogP contribution in [0, 0.1) is 11.3 Å². The molecule has 0 saturated heterocycles. The number of hydrogen-bond donors (Lipinski definition) is 1. The summed E-state index contributed by atoms with van der Waals surface area (Å²) < 4.78 is 0. The zero-order valence-corrected chi connectivity index (χ0v) is 5.02. The highest BCUT2D eigenvalue weighted by atomic mass is 14.7. The molecule has 0 aliphatic carbocycles. The van der Waals surface area contributed by atoms with Crippen LogP contribution in [0.2, 0.25) is 0 Å². The van der Waals surface area contributed by atoms with Gasteiger partial charge in [0, 0.05) is 0 Å². The van der Waals surface area contributed by atoms with Gasteiger partial charge in [0.15, 0.2) is 0 Å². The average molecular weight is 110 g/mol. The predicted octanol–water partition coefficient (Wildman–Crippen LogP) is 0.803. The molecule has 0 aliphatic rings. The monoisotopic (exact) mass is 110 g/mol. The number of nitriles is 1. The highest BCUT2D eigenvalue weighted by molar-refractivity contribution is 5.14. The molecule has 0 bridgehead atoms. The Morgan fingerprint density at radius 2 is 2.50 bits per heavy atom.